The molecule has 0 aromatic heterocycles. The second-order valence-electron chi connectivity index (χ2n) is 8.53. The molecule has 0 bridgehead atoms. The Morgan fingerprint density at radius 1 is 0.960 bits per heavy atom. The molecule has 0 unspecified atom stereocenters. The Balaban J connectivity index is 2.58. The summed E-state index contributed by atoms with van der Waals surface area (Å²) in [6.07, 6.45) is 11.5. The van der Waals surface area contributed by atoms with Crippen molar-refractivity contribution in [1.29, 1.82) is 0 Å². The third-order valence-electron chi connectivity index (χ3n) is 5.13. The lowest BCUT2D eigenvalue weighted by Crippen LogP contribution is -2.45. The van der Waals surface area contributed by atoms with Gasteiger partial charge in [-0.2, -0.15) is 0 Å². The molecule has 0 heterocycles. The van der Waals surface area contributed by atoms with Gasteiger partial charge in [0.1, 0.15) is 0 Å². The van der Waals surface area contributed by atoms with Crippen molar-refractivity contribution in [2.75, 3.05) is 6.54 Å². The highest BCUT2D eigenvalue weighted by atomic mass is 16.2. The molecule has 1 aliphatic carbocycles. The predicted molar refractivity (Wildman–Crippen MR) is 101 cm³/mol. The average Bonchev–Trinajstić information content (AvgIpc) is 2.57. The summed E-state index contributed by atoms with van der Waals surface area (Å²) in [5, 5.41) is 0. The van der Waals surface area contributed by atoms with E-state index in [4.69, 9.17) is 0 Å². The van der Waals surface area contributed by atoms with Crippen molar-refractivity contribution in [2.45, 2.75) is 98.3 Å². The average molecular weight is 352 g/mol. The van der Waals surface area contributed by atoms with Gasteiger partial charge in [-0.1, -0.05) is 72.6 Å². The fourth-order valence-corrected chi connectivity index (χ4v) is 3.46. The van der Waals surface area contributed by atoms with Crippen LogP contribution in [0.3, 0.4) is 0 Å². The molecule has 0 saturated heterocycles. The molecule has 0 aliphatic heterocycles. The summed E-state index contributed by atoms with van der Waals surface area (Å²) < 4.78 is 0. The van der Waals surface area contributed by atoms with E-state index < -0.39 is 17.1 Å². The number of ketones is 1. The number of carbonyl (C=O) groups is 3. The van der Waals surface area contributed by atoms with Crippen molar-refractivity contribution in [2.24, 2.45) is 11.3 Å². The minimum Gasteiger partial charge on any atom is -0.288 e. The highest BCUT2D eigenvalue weighted by Gasteiger charge is 2.34. The molecule has 0 aromatic carbocycles. The van der Waals surface area contributed by atoms with Gasteiger partial charge < -0.3 is 0 Å². The maximum absolute atomic E-state index is 12.6. The molecule has 1 fully saturated rings. The molecule has 0 N–H and O–H groups in total. The van der Waals surface area contributed by atoms with E-state index in [1.165, 1.54) is 37.0 Å². The lowest BCUT2D eigenvalue weighted by molar-refractivity contribution is -0.154. The Hall–Kier alpha value is -1.19. The van der Waals surface area contributed by atoms with E-state index in [0.717, 1.165) is 38.0 Å². The van der Waals surface area contributed by atoms with Crippen LogP contribution in [-0.2, 0) is 14.4 Å². The van der Waals surface area contributed by atoms with Gasteiger partial charge in [-0.15, -0.1) is 0 Å². The smallest absolute Gasteiger partial charge is 0.288 e. The molecule has 1 rings (SSSR count). The van der Waals surface area contributed by atoms with Crippen LogP contribution in [-0.4, -0.2) is 29.0 Å². The van der Waals surface area contributed by atoms with E-state index in [1.54, 1.807) is 20.8 Å². The molecule has 1 aliphatic rings. The molecular weight excluding hydrogens is 314 g/mol. The number of rotatable bonds is 9. The number of amides is 2. The van der Waals surface area contributed by atoms with Crippen LogP contribution in [0.25, 0.3) is 0 Å². The molecule has 1 saturated carbocycles. The van der Waals surface area contributed by atoms with Crippen LogP contribution in [0.2, 0.25) is 0 Å². The number of Topliss-reactive ketones (excluding diaryl/α,β-unsaturated/α-hetero) is 1. The van der Waals surface area contributed by atoms with E-state index in [2.05, 4.69) is 6.92 Å². The largest absolute Gasteiger partial charge is 0.297 e. The highest BCUT2D eigenvalue weighted by molar-refractivity contribution is 6.40. The molecule has 4 heteroatoms. The predicted octanol–water partition coefficient (Wildman–Crippen LogP) is 4.90. The van der Waals surface area contributed by atoms with Crippen molar-refractivity contribution < 1.29 is 14.4 Å². The summed E-state index contributed by atoms with van der Waals surface area (Å²) in [5.41, 5.74) is -0.748. The first kappa shape index (κ1) is 21.9. The van der Waals surface area contributed by atoms with Crippen LogP contribution in [0.4, 0.5) is 0 Å². The number of unbranched alkanes of at least 4 members (excludes halogenated alkanes) is 2. The fraction of sp³-hybridized carbons (Fsp3) is 0.857. The first-order chi connectivity index (χ1) is 11.8. The maximum atomic E-state index is 12.6. The zero-order valence-corrected chi connectivity index (χ0v) is 16.7. The summed E-state index contributed by atoms with van der Waals surface area (Å²) in [5.74, 6) is -0.521. The molecule has 0 atom stereocenters. The molecule has 0 spiro atoms. The number of carbonyl (C=O) groups excluding carboxylic acids is 3. The summed E-state index contributed by atoms with van der Waals surface area (Å²) in [6.45, 7) is 7.64. The monoisotopic (exact) mass is 351 g/mol. The Labute approximate surface area is 153 Å². The maximum Gasteiger partial charge on any atom is 0.297 e. The van der Waals surface area contributed by atoms with Crippen molar-refractivity contribution in [3.63, 3.8) is 0 Å². The summed E-state index contributed by atoms with van der Waals surface area (Å²) in [4.78, 5) is 38.7. The zero-order chi connectivity index (χ0) is 18.9. The third-order valence-corrected chi connectivity index (χ3v) is 5.13. The van der Waals surface area contributed by atoms with E-state index in [0.29, 0.717) is 13.0 Å². The molecule has 25 heavy (non-hydrogen) atoms. The summed E-state index contributed by atoms with van der Waals surface area (Å²) in [6, 6.07) is 0. The van der Waals surface area contributed by atoms with E-state index in [-0.39, 0.29) is 5.91 Å². The normalized spacial score (nSPS) is 15.8. The molecule has 2 amide bonds. The van der Waals surface area contributed by atoms with Crippen molar-refractivity contribution in [3.8, 4) is 0 Å². The van der Waals surface area contributed by atoms with Crippen LogP contribution < -0.4 is 0 Å². The standard InChI is InChI=1S/C21H37NO3/c1-5-6-10-16-22(20(25)19(24)21(2,3)4)18(23)15-11-14-17-12-8-7-9-13-17/h17H,5-16H2,1-4H3. The minimum atomic E-state index is -0.748. The number of hydrogen-bond donors (Lipinski definition) is 0. The van der Waals surface area contributed by atoms with Gasteiger partial charge in [0, 0.05) is 18.4 Å². The lowest BCUT2D eigenvalue weighted by Gasteiger charge is -2.25. The van der Waals surface area contributed by atoms with Crippen molar-refractivity contribution in [1.82, 2.24) is 4.90 Å². The lowest BCUT2D eigenvalue weighted by atomic mass is 9.86. The Morgan fingerprint density at radius 2 is 1.60 bits per heavy atom. The highest BCUT2D eigenvalue weighted by Crippen LogP contribution is 2.28. The summed E-state index contributed by atoms with van der Waals surface area (Å²) >= 11 is 0. The number of imide groups is 1. The van der Waals surface area contributed by atoms with E-state index in [9.17, 15) is 14.4 Å². The van der Waals surface area contributed by atoms with Gasteiger partial charge in [0.2, 0.25) is 11.7 Å². The first-order valence-corrected chi connectivity index (χ1v) is 10.2. The Kier molecular flexibility index (Phi) is 9.37. The van der Waals surface area contributed by atoms with Crippen LogP contribution in [0.15, 0.2) is 0 Å². The van der Waals surface area contributed by atoms with Gasteiger partial charge in [0.15, 0.2) is 0 Å². The van der Waals surface area contributed by atoms with E-state index in [1.807, 2.05) is 0 Å². The Bertz CT molecular complexity index is 445. The van der Waals surface area contributed by atoms with Gasteiger partial charge in [0.25, 0.3) is 5.91 Å². The molecule has 0 aromatic rings. The van der Waals surface area contributed by atoms with Crippen LogP contribution in [0, 0.1) is 11.3 Å². The van der Waals surface area contributed by atoms with Gasteiger partial charge in [-0.3, -0.25) is 19.3 Å². The zero-order valence-electron chi connectivity index (χ0n) is 16.7. The van der Waals surface area contributed by atoms with E-state index >= 15 is 0 Å². The van der Waals surface area contributed by atoms with Crippen molar-refractivity contribution in [3.05, 3.63) is 0 Å². The van der Waals surface area contributed by atoms with Gasteiger partial charge in [0.05, 0.1) is 0 Å². The van der Waals surface area contributed by atoms with Gasteiger partial charge in [-0.05, 0) is 25.2 Å². The number of nitrogens with zero attached hydrogens (tertiary/aromatic N) is 1. The number of hydrogen-bond acceptors (Lipinski definition) is 3. The topological polar surface area (TPSA) is 54.5 Å². The van der Waals surface area contributed by atoms with Crippen molar-refractivity contribution >= 4 is 17.6 Å². The SMILES string of the molecule is CCCCCN(C(=O)CCCC1CCCCC1)C(=O)C(=O)C(C)(C)C. The minimum absolute atomic E-state index is 0.172. The van der Waals surface area contributed by atoms with Crippen LogP contribution >= 0.6 is 0 Å². The fourth-order valence-electron chi connectivity index (χ4n) is 3.46. The molecular formula is C21H37NO3. The van der Waals surface area contributed by atoms with Crippen LogP contribution in [0.5, 0.6) is 0 Å². The van der Waals surface area contributed by atoms with Gasteiger partial charge >= 0.3 is 0 Å². The second kappa shape index (κ2) is 10.7. The van der Waals surface area contributed by atoms with Crippen LogP contribution in [0.1, 0.15) is 98.3 Å². The Morgan fingerprint density at radius 3 is 2.16 bits per heavy atom. The molecule has 0 radical (unpaired) electrons. The molecule has 144 valence electrons. The summed E-state index contributed by atoms with van der Waals surface area (Å²) in [7, 11) is 0. The molecule has 4 nitrogen and oxygen atoms in total. The second-order valence-corrected chi connectivity index (χ2v) is 8.53. The van der Waals surface area contributed by atoms with Gasteiger partial charge in [-0.25, -0.2) is 0 Å². The first-order valence-electron chi connectivity index (χ1n) is 10.2. The third kappa shape index (κ3) is 7.70. The quantitative estimate of drug-likeness (QED) is 0.438.